The third kappa shape index (κ3) is 6.67. The zero-order valence-corrected chi connectivity index (χ0v) is 22.2. The number of nitrogens with zero attached hydrogens (tertiary/aromatic N) is 5. The Bertz CT molecular complexity index is 1360. The molecule has 13 nitrogen and oxygen atoms in total. The Morgan fingerprint density at radius 1 is 1.10 bits per heavy atom. The first-order valence-corrected chi connectivity index (χ1v) is 13.1. The number of nitro groups is 1. The highest BCUT2D eigenvalue weighted by molar-refractivity contribution is 5.88. The van der Waals surface area contributed by atoms with Gasteiger partial charge in [-0.3, -0.25) is 19.8 Å². The Morgan fingerprint density at radius 3 is 2.73 bits per heavy atom. The molecule has 2 aromatic carbocycles. The van der Waals surface area contributed by atoms with Crippen molar-refractivity contribution in [3.8, 4) is 17.2 Å². The molecule has 0 radical (unpaired) electrons. The summed E-state index contributed by atoms with van der Waals surface area (Å²) in [6.07, 6.45) is 1.94. The second-order valence-electron chi connectivity index (χ2n) is 9.44. The number of carbonyl (C=O) groups excluding carboxylic acids is 1. The van der Waals surface area contributed by atoms with E-state index in [2.05, 4.69) is 25.5 Å². The average Bonchev–Trinajstić information content (AvgIpc) is 3.41. The molecule has 0 spiro atoms. The van der Waals surface area contributed by atoms with Crippen LogP contribution in [0.3, 0.4) is 0 Å². The number of piperazine rings is 1. The Labute approximate surface area is 231 Å². The molecule has 0 unspecified atom stereocenters. The minimum atomic E-state index is -0.430. The molecule has 210 valence electrons. The summed E-state index contributed by atoms with van der Waals surface area (Å²) in [4.78, 5) is 35.5. The van der Waals surface area contributed by atoms with Crippen molar-refractivity contribution in [3.63, 3.8) is 0 Å². The molecule has 0 atom stereocenters. The number of anilines is 3. The number of rotatable bonds is 11. The molecule has 1 fully saturated rings. The quantitative estimate of drug-likeness (QED) is 0.207. The van der Waals surface area contributed by atoms with Crippen LogP contribution in [0.15, 0.2) is 48.8 Å². The van der Waals surface area contributed by atoms with E-state index in [0.717, 1.165) is 36.7 Å². The number of aromatic nitrogens is 2. The van der Waals surface area contributed by atoms with Crippen LogP contribution < -0.4 is 29.7 Å². The SMILES string of the molecule is CC(=O)Nc1cccc(OCCCNc2ncnc(N3CCN(Cc4ccc5c(c4)OCO5)CC3)c2[N+](=O)[O-])c1. The molecule has 0 aliphatic carbocycles. The van der Waals surface area contributed by atoms with Crippen LogP contribution in [0.1, 0.15) is 18.9 Å². The number of ether oxygens (including phenoxy) is 3. The van der Waals surface area contributed by atoms with Crippen LogP contribution in [-0.2, 0) is 11.3 Å². The third-order valence-electron chi connectivity index (χ3n) is 6.54. The highest BCUT2D eigenvalue weighted by Crippen LogP contribution is 2.34. The molecule has 3 aromatic rings. The molecule has 1 saturated heterocycles. The highest BCUT2D eigenvalue weighted by atomic mass is 16.7. The molecule has 2 N–H and O–H groups in total. The lowest BCUT2D eigenvalue weighted by molar-refractivity contribution is -0.383. The summed E-state index contributed by atoms with van der Waals surface area (Å²) in [6.45, 7) is 5.93. The first-order chi connectivity index (χ1) is 19.5. The summed E-state index contributed by atoms with van der Waals surface area (Å²) < 4.78 is 16.6. The van der Waals surface area contributed by atoms with E-state index < -0.39 is 4.92 Å². The maximum absolute atomic E-state index is 12.0. The van der Waals surface area contributed by atoms with Crippen molar-refractivity contribution >= 4 is 28.9 Å². The standard InChI is InChI=1S/C27H31N7O6/c1-19(35)31-21-4-2-5-22(15-21)38-13-3-8-28-26-25(34(36)37)27(30-17-29-26)33-11-9-32(10-12-33)16-20-6-7-23-24(14-20)40-18-39-23/h2,4-7,14-15,17H,3,8-13,16,18H2,1H3,(H,31,35)(H,28,29,30). The number of hydrogen-bond donors (Lipinski definition) is 2. The predicted octanol–water partition coefficient (Wildman–Crippen LogP) is 3.28. The topological polar surface area (TPSA) is 144 Å². The largest absolute Gasteiger partial charge is 0.493 e. The zero-order valence-electron chi connectivity index (χ0n) is 22.2. The Morgan fingerprint density at radius 2 is 1.93 bits per heavy atom. The predicted molar refractivity (Wildman–Crippen MR) is 148 cm³/mol. The number of amides is 1. The van der Waals surface area contributed by atoms with Gasteiger partial charge in [-0.05, 0) is 36.2 Å². The molecule has 2 aliphatic heterocycles. The highest BCUT2D eigenvalue weighted by Gasteiger charge is 2.29. The van der Waals surface area contributed by atoms with Gasteiger partial charge in [0.05, 0.1) is 11.5 Å². The summed E-state index contributed by atoms with van der Waals surface area (Å²) in [6, 6.07) is 13.1. The van der Waals surface area contributed by atoms with E-state index in [1.54, 1.807) is 24.3 Å². The van der Waals surface area contributed by atoms with E-state index in [-0.39, 0.29) is 24.2 Å². The van der Waals surface area contributed by atoms with Crippen molar-refractivity contribution in [1.82, 2.24) is 14.9 Å². The van der Waals surface area contributed by atoms with Gasteiger partial charge in [-0.1, -0.05) is 12.1 Å². The third-order valence-corrected chi connectivity index (χ3v) is 6.54. The van der Waals surface area contributed by atoms with Crippen LogP contribution in [0.25, 0.3) is 0 Å². The van der Waals surface area contributed by atoms with Gasteiger partial charge in [0.1, 0.15) is 12.1 Å². The summed E-state index contributed by atoms with van der Waals surface area (Å²) in [5.74, 6) is 2.49. The number of carbonyl (C=O) groups is 1. The van der Waals surface area contributed by atoms with Crippen molar-refractivity contribution < 1.29 is 23.9 Å². The van der Waals surface area contributed by atoms with Gasteiger partial charge in [-0.2, -0.15) is 0 Å². The molecule has 0 bridgehead atoms. The molecule has 13 heteroatoms. The van der Waals surface area contributed by atoms with Gasteiger partial charge >= 0.3 is 5.69 Å². The van der Waals surface area contributed by atoms with Gasteiger partial charge in [-0.15, -0.1) is 0 Å². The maximum atomic E-state index is 12.0. The first kappa shape index (κ1) is 26.9. The fraction of sp³-hybridized carbons (Fsp3) is 0.370. The first-order valence-electron chi connectivity index (χ1n) is 13.1. The van der Waals surface area contributed by atoms with Crippen molar-refractivity contribution in [2.75, 3.05) is 61.7 Å². The summed E-state index contributed by atoms with van der Waals surface area (Å²) in [5, 5.41) is 17.8. The molecule has 5 rings (SSSR count). The maximum Gasteiger partial charge on any atom is 0.353 e. The van der Waals surface area contributed by atoms with E-state index in [1.165, 1.54) is 13.3 Å². The smallest absolute Gasteiger partial charge is 0.353 e. The van der Waals surface area contributed by atoms with Gasteiger partial charge < -0.3 is 29.7 Å². The molecule has 3 heterocycles. The Hall–Kier alpha value is -4.65. The van der Waals surface area contributed by atoms with E-state index in [4.69, 9.17) is 14.2 Å². The van der Waals surface area contributed by atoms with Crippen LogP contribution in [0, 0.1) is 10.1 Å². The van der Waals surface area contributed by atoms with Crippen molar-refractivity contribution in [2.45, 2.75) is 19.9 Å². The monoisotopic (exact) mass is 549 g/mol. The lowest BCUT2D eigenvalue weighted by atomic mass is 10.1. The Kier molecular flexibility index (Phi) is 8.40. The van der Waals surface area contributed by atoms with E-state index in [9.17, 15) is 14.9 Å². The van der Waals surface area contributed by atoms with E-state index in [1.807, 2.05) is 23.1 Å². The molecule has 0 saturated carbocycles. The van der Waals surface area contributed by atoms with Crippen molar-refractivity contribution in [2.24, 2.45) is 0 Å². The van der Waals surface area contributed by atoms with Crippen LogP contribution in [0.5, 0.6) is 17.2 Å². The average molecular weight is 550 g/mol. The molecule has 1 amide bonds. The normalized spacial score (nSPS) is 14.6. The van der Waals surface area contributed by atoms with E-state index in [0.29, 0.717) is 49.9 Å². The number of nitrogens with one attached hydrogen (secondary N) is 2. The minimum Gasteiger partial charge on any atom is -0.493 e. The summed E-state index contributed by atoms with van der Waals surface area (Å²) >= 11 is 0. The van der Waals surface area contributed by atoms with Crippen LogP contribution in [-0.4, -0.2) is 71.8 Å². The van der Waals surface area contributed by atoms with Crippen molar-refractivity contribution in [1.29, 1.82) is 0 Å². The fourth-order valence-corrected chi connectivity index (χ4v) is 4.65. The zero-order chi connectivity index (χ0) is 27.9. The van der Waals surface area contributed by atoms with Gasteiger partial charge in [0.15, 0.2) is 11.5 Å². The lowest BCUT2D eigenvalue weighted by Crippen LogP contribution is -2.46. The number of benzene rings is 2. The van der Waals surface area contributed by atoms with Gasteiger partial charge in [0, 0.05) is 57.9 Å². The fourth-order valence-electron chi connectivity index (χ4n) is 4.65. The van der Waals surface area contributed by atoms with Crippen molar-refractivity contribution in [3.05, 3.63) is 64.5 Å². The minimum absolute atomic E-state index is 0.129. The second-order valence-corrected chi connectivity index (χ2v) is 9.44. The molecule has 2 aliphatic rings. The molecular weight excluding hydrogens is 518 g/mol. The number of hydrogen-bond acceptors (Lipinski definition) is 11. The van der Waals surface area contributed by atoms with Gasteiger partial charge in [-0.25, -0.2) is 9.97 Å². The van der Waals surface area contributed by atoms with Gasteiger partial charge in [0.2, 0.25) is 24.3 Å². The number of fused-ring (bicyclic) bond motifs is 1. The molecule has 1 aromatic heterocycles. The Balaban J connectivity index is 1.13. The van der Waals surface area contributed by atoms with Crippen LogP contribution in [0.2, 0.25) is 0 Å². The lowest BCUT2D eigenvalue weighted by Gasteiger charge is -2.35. The van der Waals surface area contributed by atoms with Gasteiger partial charge in [0.25, 0.3) is 0 Å². The molecular formula is C27H31N7O6. The summed E-state index contributed by atoms with van der Waals surface area (Å²) in [5.41, 5.74) is 1.65. The molecule has 40 heavy (non-hydrogen) atoms. The van der Waals surface area contributed by atoms with Crippen LogP contribution >= 0.6 is 0 Å². The second kappa shape index (κ2) is 12.5. The van der Waals surface area contributed by atoms with E-state index >= 15 is 0 Å². The van der Waals surface area contributed by atoms with Crippen LogP contribution in [0.4, 0.5) is 23.0 Å². The summed E-state index contributed by atoms with van der Waals surface area (Å²) in [7, 11) is 0.